The molecular formula is C30H23Br2ClN2O4S. The molecule has 0 spiro atoms. The molecule has 0 saturated heterocycles. The number of rotatable bonds is 7. The van der Waals surface area contributed by atoms with Gasteiger partial charge in [0.2, 0.25) is 0 Å². The molecular weight excluding hydrogens is 680 g/mol. The van der Waals surface area contributed by atoms with Gasteiger partial charge in [0, 0.05) is 5.02 Å². The number of esters is 1. The molecule has 1 aliphatic rings. The summed E-state index contributed by atoms with van der Waals surface area (Å²) in [7, 11) is 0. The summed E-state index contributed by atoms with van der Waals surface area (Å²) in [6.07, 6.45) is 1.81. The van der Waals surface area contributed by atoms with Crippen molar-refractivity contribution in [2.24, 2.45) is 4.99 Å². The first kappa shape index (κ1) is 28.5. The molecule has 2 heterocycles. The molecule has 0 unspecified atom stereocenters. The third kappa shape index (κ3) is 5.88. The molecule has 40 heavy (non-hydrogen) atoms. The van der Waals surface area contributed by atoms with Crippen molar-refractivity contribution in [1.29, 1.82) is 0 Å². The Morgan fingerprint density at radius 2 is 1.77 bits per heavy atom. The van der Waals surface area contributed by atoms with Gasteiger partial charge in [-0.05, 0) is 92.7 Å². The summed E-state index contributed by atoms with van der Waals surface area (Å²) in [6.45, 7) is 4.13. The van der Waals surface area contributed by atoms with Crippen molar-refractivity contribution < 1.29 is 14.3 Å². The molecule has 5 rings (SSSR count). The minimum atomic E-state index is -0.693. The summed E-state index contributed by atoms with van der Waals surface area (Å²) in [5.41, 5.74) is 3.17. The van der Waals surface area contributed by atoms with E-state index in [2.05, 4.69) is 36.9 Å². The highest BCUT2D eigenvalue weighted by Gasteiger charge is 2.33. The summed E-state index contributed by atoms with van der Waals surface area (Å²) in [4.78, 5) is 32.0. The number of nitrogens with zero attached hydrogens (tertiary/aromatic N) is 2. The number of ether oxygens (including phenoxy) is 2. The molecule has 1 aliphatic heterocycles. The predicted molar refractivity (Wildman–Crippen MR) is 164 cm³/mol. The summed E-state index contributed by atoms with van der Waals surface area (Å²) in [6, 6.07) is 20.1. The SMILES string of the molecule is CCOC(=O)C1=C(C)N=c2s/c(=C\c3cc(Br)c(OCc4ccccc4)c(Br)c3)c(=O)n2[C@H]1c1ccc(Cl)cc1. The van der Waals surface area contributed by atoms with Crippen LogP contribution >= 0.6 is 54.8 Å². The molecule has 10 heteroatoms. The van der Waals surface area contributed by atoms with Gasteiger partial charge in [-0.2, -0.15) is 0 Å². The highest BCUT2D eigenvalue weighted by Crippen LogP contribution is 2.36. The standard InChI is InChI=1S/C30H23Br2ClN2O4S/c1-3-38-29(37)25-17(2)34-30-35(26(25)20-9-11-21(33)12-10-20)28(36)24(40-30)15-19-13-22(31)27(23(32)14-19)39-16-18-7-5-4-6-8-18/h4-15,26H,3,16H2,1-2H3/b24-15-/t26-/m0/s1. The topological polar surface area (TPSA) is 69.9 Å². The van der Waals surface area contributed by atoms with E-state index < -0.39 is 12.0 Å². The molecule has 3 aromatic carbocycles. The van der Waals surface area contributed by atoms with Crippen LogP contribution in [-0.4, -0.2) is 17.1 Å². The first-order valence-corrected chi connectivity index (χ1v) is 15.2. The molecule has 204 valence electrons. The summed E-state index contributed by atoms with van der Waals surface area (Å²) in [5.74, 6) is 0.164. The number of carbonyl (C=O) groups is 1. The molecule has 0 saturated carbocycles. The van der Waals surface area contributed by atoms with Crippen LogP contribution in [0.5, 0.6) is 5.75 Å². The van der Waals surface area contributed by atoms with Gasteiger partial charge < -0.3 is 9.47 Å². The lowest BCUT2D eigenvalue weighted by Crippen LogP contribution is -2.39. The van der Waals surface area contributed by atoms with E-state index in [1.807, 2.05) is 60.7 Å². The van der Waals surface area contributed by atoms with Crippen molar-refractivity contribution in [1.82, 2.24) is 4.57 Å². The zero-order valence-electron chi connectivity index (χ0n) is 21.5. The minimum Gasteiger partial charge on any atom is -0.487 e. The second-order valence-corrected chi connectivity index (χ2v) is 12.1. The Bertz CT molecular complexity index is 1780. The fraction of sp³-hybridized carbons (Fsp3) is 0.167. The Kier molecular flexibility index (Phi) is 8.75. The molecule has 6 nitrogen and oxygen atoms in total. The van der Waals surface area contributed by atoms with Crippen molar-refractivity contribution in [3.63, 3.8) is 0 Å². The average Bonchev–Trinajstić information content (AvgIpc) is 3.22. The Hall–Kier alpha value is -2.98. The van der Waals surface area contributed by atoms with Gasteiger partial charge in [0.05, 0.1) is 37.4 Å². The Morgan fingerprint density at radius 1 is 1.10 bits per heavy atom. The van der Waals surface area contributed by atoms with Gasteiger partial charge in [-0.25, -0.2) is 9.79 Å². The molecule has 0 N–H and O–H groups in total. The van der Waals surface area contributed by atoms with E-state index in [-0.39, 0.29) is 12.2 Å². The number of hydrogen-bond donors (Lipinski definition) is 0. The number of benzene rings is 3. The summed E-state index contributed by atoms with van der Waals surface area (Å²) >= 11 is 14.6. The maximum Gasteiger partial charge on any atom is 0.338 e. The second kappa shape index (κ2) is 12.3. The normalized spacial score (nSPS) is 15.0. The number of thiazole rings is 1. The van der Waals surface area contributed by atoms with Crippen LogP contribution in [0, 0.1) is 0 Å². The van der Waals surface area contributed by atoms with E-state index >= 15 is 0 Å². The van der Waals surface area contributed by atoms with Crippen molar-refractivity contribution in [2.75, 3.05) is 6.61 Å². The van der Waals surface area contributed by atoms with Gasteiger partial charge in [-0.3, -0.25) is 9.36 Å². The Morgan fingerprint density at radius 3 is 2.42 bits per heavy atom. The number of allylic oxidation sites excluding steroid dienone is 1. The van der Waals surface area contributed by atoms with Crippen LogP contribution in [0.15, 0.2) is 96.7 Å². The lowest BCUT2D eigenvalue weighted by Gasteiger charge is -2.24. The Balaban J connectivity index is 1.56. The van der Waals surface area contributed by atoms with Crippen molar-refractivity contribution in [2.45, 2.75) is 26.5 Å². The Labute approximate surface area is 256 Å². The molecule has 0 aliphatic carbocycles. The van der Waals surface area contributed by atoms with E-state index in [0.29, 0.717) is 38.0 Å². The van der Waals surface area contributed by atoms with Gasteiger partial charge in [0.25, 0.3) is 5.56 Å². The maximum atomic E-state index is 13.8. The minimum absolute atomic E-state index is 0.211. The third-order valence-corrected chi connectivity index (χ3v) is 8.66. The highest BCUT2D eigenvalue weighted by atomic mass is 79.9. The number of hydrogen-bond acceptors (Lipinski definition) is 6. The first-order chi connectivity index (χ1) is 19.3. The molecule has 0 radical (unpaired) electrons. The number of aromatic nitrogens is 1. The van der Waals surface area contributed by atoms with Crippen LogP contribution in [0.2, 0.25) is 5.02 Å². The van der Waals surface area contributed by atoms with E-state index in [1.54, 1.807) is 30.5 Å². The van der Waals surface area contributed by atoms with Gasteiger partial charge in [0.15, 0.2) is 4.80 Å². The van der Waals surface area contributed by atoms with E-state index in [0.717, 1.165) is 25.6 Å². The molecule has 0 fully saturated rings. The molecule has 0 bridgehead atoms. The summed E-state index contributed by atoms with van der Waals surface area (Å²) in [5, 5.41) is 0.557. The largest absolute Gasteiger partial charge is 0.487 e. The monoisotopic (exact) mass is 700 g/mol. The quantitative estimate of drug-likeness (QED) is 0.205. The number of fused-ring (bicyclic) bond motifs is 1. The number of halogens is 3. The van der Waals surface area contributed by atoms with Crippen LogP contribution in [0.25, 0.3) is 6.08 Å². The van der Waals surface area contributed by atoms with Crippen LogP contribution in [0.1, 0.15) is 36.6 Å². The predicted octanol–water partition coefficient (Wildman–Crippen LogP) is 6.56. The van der Waals surface area contributed by atoms with Crippen LogP contribution in [-0.2, 0) is 16.1 Å². The van der Waals surface area contributed by atoms with Gasteiger partial charge in [-0.1, -0.05) is 65.4 Å². The van der Waals surface area contributed by atoms with E-state index in [4.69, 9.17) is 21.1 Å². The van der Waals surface area contributed by atoms with Crippen molar-refractivity contribution >= 4 is 66.8 Å². The lowest BCUT2D eigenvalue weighted by molar-refractivity contribution is -0.139. The van der Waals surface area contributed by atoms with E-state index in [1.165, 1.54) is 11.3 Å². The second-order valence-electron chi connectivity index (χ2n) is 8.94. The molecule has 4 aromatic rings. The fourth-order valence-electron chi connectivity index (χ4n) is 4.43. The average molecular weight is 703 g/mol. The summed E-state index contributed by atoms with van der Waals surface area (Å²) < 4.78 is 14.9. The van der Waals surface area contributed by atoms with Crippen molar-refractivity contribution in [3.05, 3.63) is 128 Å². The molecule has 1 aromatic heterocycles. The first-order valence-electron chi connectivity index (χ1n) is 12.4. The van der Waals surface area contributed by atoms with Crippen molar-refractivity contribution in [3.8, 4) is 5.75 Å². The van der Waals surface area contributed by atoms with E-state index in [9.17, 15) is 9.59 Å². The maximum absolute atomic E-state index is 13.8. The highest BCUT2D eigenvalue weighted by molar-refractivity contribution is 9.11. The number of carbonyl (C=O) groups excluding carboxylic acids is 1. The zero-order chi connectivity index (χ0) is 28.4. The van der Waals surface area contributed by atoms with Gasteiger partial charge in [-0.15, -0.1) is 0 Å². The smallest absolute Gasteiger partial charge is 0.338 e. The third-order valence-electron chi connectivity index (χ3n) is 6.25. The fourth-order valence-corrected chi connectivity index (χ4v) is 7.06. The van der Waals surface area contributed by atoms with Gasteiger partial charge >= 0.3 is 5.97 Å². The van der Waals surface area contributed by atoms with Crippen LogP contribution < -0.4 is 19.6 Å². The lowest BCUT2D eigenvalue weighted by atomic mass is 9.96. The van der Waals surface area contributed by atoms with Gasteiger partial charge in [0.1, 0.15) is 12.4 Å². The zero-order valence-corrected chi connectivity index (χ0v) is 26.2. The van der Waals surface area contributed by atoms with Crippen LogP contribution in [0.4, 0.5) is 0 Å². The molecule has 0 amide bonds. The molecule has 1 atom stereocenters. The van der Waals surface area contributed by atoms with Crippen LogP contribution in [0.3, 0.4) is 0 Å².